The number of aryl methyl sites for hydroxylation is 1. The second-order valence-corrected chi connectivity index (χ2v) is 7.60. The first-order valence-electron chi connectivity index (χ1n) is 6.97. The number of hydrogen-bond acceptors (Lipinski definition) is 3. The predicted octanol–water partition coefficient (Wildman–Crippen LogP) is 4.94. The molecule has 0 aliphatic heterocycles. The van der Waals surface area contributed by atoms with E-state index >= 15 is 0 Å². The van der Waals surface area contributed by atoms with Crippen LogP contribution in [0.3, 0.4) is 0 Å². The maximum absolute atomic E-state index is 11.9. The molecule has 6 heteroatoms. The van der Waals surface area contributed by atoms with Gasteiger partial charge in [0.25, 0.3) is 5.91 Å². The van der Waals surface area contributed by atoms with Gasteiger partial charge in [-0.2, -0.15) is 0 Å². The first-order valence-corrected chi connectivity index (χ1v) is 9.78. The molecule has 2 rings (SSSR count). The van der Waals surface area contributed by atoms with E-state index in [0.717, 1.165) is 20.1 Å². The lowest BCUT2D eigenvalue weighted by Gasteiger charge is -2.12. The van der Waals surface area contributed by atoms with Gasteiger partial charge in [0.05, 0.1) is 4.47 Å². The van der Waals surface area contributed by atoms with Gasteiger partial charge in [-0.1, -0.05) is 28.1 Å². The summed E-state index contributed by atoms with van der Waals surface area (Å²) in [5.74, 6) is 0.542. The lowest BCUT2D eigenvalue weighted by atomic mass is 10.2. The zero-order valence-corrected chi connectivity index (χ0v) is 16.8. The van der Waals surface area contributed by atoms with Crippen molar-refractivity contribution < 1.29 is 9.53 Å². The molecule has 1 N–H and O–H groups in total. The van der Waals surface area contributed by atoms with Crippen molar-refractivity contribution in [3.8, 4) is 5.75 Å². The molecule has 2 aromatic carbocycles. The Morgan fingerprint density at radius 2 is 1.91 bits per heavy atom. The van der Waals surface area contributed by atoms with Crippen LogP contribution in [0.4, 0.5) is 0 Å². The molecule has 0 aromatic heterocycles. The van der Waals surface area contributed by atoms with Gasteiger partial charge in [0, 0.05) is 15.9 Å². The van der Waals surface area contributed by atoms with Crippen molar-refractivity contribution in [1.82, 2.24) is 5.32 Å². The van der Waals surface area contributed by atoms with E-state index in [2.05, 4.69) is 37.2 Å². The number of benzene rings is 2. The third-order valence-electron chi connectivity index (χ3n) is 3.19. The van der Waals surface area contributed by atoms with E-state index in [9.17, 15) is 4.79 Å². The average Bonchev–Trinajstić information content (AvgIpc) is 2.52. The molecule has 0 atom stereocenters. The predicted molar refractivity (Wildman–Crippen MR) is 102 cm³/mol. The maximum Gasteiger partial charge on any atom is 0.258 e. The highest BCUT2D eigenvalue weighted by atomic mass is 79.9. The standard InChI is InChI=1S/C17H17Br2NO2S/c1-11-7-13(18)8-15(19)17(11)22-10-16(21)20-9-12-3-5-14(23-2)6-4-12/h3-8H,9-10H2,1-2H3,(H,20,21). The number of rotatable bonds is 6. The first kappa shape index (κ1) is 18.4. The number of thioether (sulfide) groups is 1. The average molecular weight is 459 g/mol. The number of hydrogen-bond donors (Lipinski definition) is 1. The van der Waals surface area contributed by atoms with Crippen molar-refractivity contribution in [3.05, 3.63) is 56.5 Å². The zero-order valence-electron chi connectivity index (χ0n) is 12.9. The number of nitrogens with one attached hydrogen (secondary N) is 1. The van der Waals surface area contributed by atoms with Crippen molar-refractivity contribution in [1.29, 1.82) is 0 Å². The summed E-state index contributed by atoms with van der Waals surface area (Å²) in [7, 11) is 0. The highest BCUT2D eigenvalue weighted by molar-refractivity contribution is 9.11. The summed E-state index contributed by atoms with van der Waals surface area (Å²) in [5, 5.41) is 2.86. The summed E-state index contributed by atoms with van der Waals surface area (Å²) >= 11 is 8.57. The van der Waals surface area contributed by atoms with Crippen LogP contribution in [0.1, 0.15) is 11.1 Å². The van der Waals surface area contributed by atoms with Gasteiger partial charge in [0.2, 0.25) is 0 Å². The lowest BCUT2D eigenvalue weighted by molar-refractivity contribution is -0.123. The molecule has 1 amide bonds. The summed E-state index contributed by atoms with van der Waals surface area (Å²) < 4.78 is 7.42. The first-order chi connectivity index (χ1) is 11.0. The number of amides is 1. The van der Waals surface area contributed by atoms with Crippen LogP contribution in [-0.4, -0.2) is 18.8 Å². The van der Waals surface area contributed by atoms with Gasteiger partial charge in [-0.25, -0.2) is 0 Å². The van der Waals surface area contributed by atoms with Crippen LogP contribution >= 0.6 is 43.6 Å². The summed E-state index contributed by atoms with van der Waals surface area (Å²) in [6, 6.07) is 12.0. The fourth-order valence-electron chi connectivity index (χ4n) is 2.00. The molecule has 0 heterocycles. The molecule has 3 nitrogen and oxygen atoms in total. The normalized spacial score (nSPS) is 10.4. The quantitative estimate of drug-likeness (QED) is 0.623. The molecule has 0 saturated carbocycles. The molecule has 23 heavy (non-hydrogen) atoms. The Morgan fingerprint density at radius 3 is 2.52 bits per heavy atom. The summed E-state index contributed by atoms with van der Waals surface area (Å²) in [5.41, 5.74) is 2.03. The van der Waals surface area contributed by atoms with E-state index in [0.29, 0.717) is 12.3 Å². The molecule has 2 aromatic rings. The minimum atomic E-state index is -0.145. The Kier molecular flexibility index (Phi) is 6.99. The van der Waals surface area contributed by atoms with Gasteiger partial charge >= 0.3 is 0 Å². The Labute approximate surface area is 157 Å². The minimum Gasteiger partial charge on any atom is -0.482 e. The molecule has 0 aliphatic rings. The molecule has 0 saturated heterocycles. The molecule has 0 radical (unpaired) electrons. The smallest absolute Gasteiger partial charge is 0.258 e. The van der Waals surface area contributed by atoms with Gasteiger partial charge in [0.15, 0.2) is 6.61 Å². The lowest BCUT2D eigenvalue weighted by Crippen LogP contribution is -2.28. The van der Waals surface area contributed by atoms with Crippen LogP contribution in [0.5, 0.6) is 5.75 Å². The fraction of sp³-hybridized carbons (Fsp3) is 0.235. The van der Waals surface area contributed by atoms with E-state index in [4.69, 9.17) is 4.74 Å². The molecule has 122 valence electrons. The van der Waals surface area contributed by atoms with Gasteiger partial charge in [-0.15, -0.1) is 11.8 Å². The molecule has 0 bridgehead atoms. The van der Waals surface area contributed by atoms with Crippen LogP contribution in [0.2, 0.25) is 0 Å². The van der Waals surface area contributed by atoms with E-state index < -0.39 is 0 Å². The summed E-state index contributed by atoms with van der Waals surface area (Å²) in [6.45, 7) is 2.43. The molecule has 0 unspecified atom stereocenters. The zero-order chi connectivity index (χ0) is 16.8. The van der Waals surface area contributed by atoms with E-state index in [1.807, 2.05) is 49.6 Å². The Bertz CT molecular complexity index is 666. The second kappa shape index (κ2) is 8.76. The van der Waals surface area contributed by atoms with Crippen LogP contribution < -0.4 is 10.1 Å². The molecule has 0 aliphatic carbocycles. The second-order valence-electron chi connectivity index (χ2n) is 4.95. The third kappa shape index (κ3) is 5.55. The number of halogens is 2. The topological polar surface area (TPSA) is 38.3 Å². The monoisotopic (exact) mass is 457 g/mol. The van der Waals surface area contributed by atoms with Crippen LogP contribution in [0.15, 0.2) is 50.2 Å². The Morgan fingerprint density at radius 1 is 1.22 bits per heavy atom. The van der Waals surface area contributed by atoms with E-state index in [1.54, 1.807) is 11.8 Å². The summed E-state index contributed by atoms with van der Waals surface area (Å²) in [4.78, 5) is 13.1. The van der Waals surface area contributed by atoms with Gasteiger partial charge < -0.3 is 10.1 Å². The van der Waals surface area contributed by atoms with E-state index in [1.165, 1.54) is 4.90 Å². The number of carbonyl (C=O) groups is 1. The van der Waals surface area contributed by atoms with Crippen molar-refractivity contribution in [2.45, 2.75) is 18.4 Å². The molecular formula is C17H17Br2NO2S. The van der Waals surface area contributed by atoms with Gasteiger partial charge in [-0.05, 0) is 64.5 Å². The minimum absolute atomic E-state index is 0.00995. The number of carbonyl (C=O) groups excluding carboxylic acids is 1. The highest BCUT2D eigenvalue weighted by Gasteiger charge is 2.09. The number of ether oxygens (including phenoxy) is 1. The van der Waals surface area contributed by atoms with Crippen molar-refractivity contribution in [3.63, 3.8) is 0 Å². The van der Waals surface area contributed by atoms with E-state index in [-0.39, 0.29) is 12.5 Å². The van der Waals surface area contributed by atoms with Crippen LogP contribution in [-0.2, 0) is 11.3 Å². The van der Waals surface area contributed by atoms with Gasteiger partial charge in [-0.3, -0.25) is 4.79 Å². The highest BCUT2D eigenvalue weighted by Crippen LogP contribution is 2.32. The fourth-order valence-corrected chi connectivity index (χ4v) is 3.97. The molecular weight excluding hydrogens is 442 g/mol. The van der Waals surface area contributed by atoms with Crippen molar-refractivity contribution in [2.75, 3.05) is 12.9 Å². The maximum atomic E-state index is 11.9. The van der Waals surface area contributed by atoms with Crippen LogP contribution in [0, 0.1) is 6.92 Å². The summed E-state index contributed by atoms with van der Waals surface area (Å²) in [6.07, 6.45) is 2.04. The largest absolute Gasteiger partial charge is 0.482 e. The Balaban J connectivity index is 1.85. The van der Waals surface area contributed by atoms with Crippen molar-refractivity contribution in [2.24, 2.45) is 0 Å². The molecule has 0 spiro atoms. The van der Waals surface area contributed by atoms with Crippen molar-refractivity contribution >= 4 is 49.5 Å². The van der Waals surface area contributed by atoms with Gasteiger partial charge in [0.1, 0.15) is 5.75 Å². The SMILES string of the molecule is CSc1ccc(CNC(=O)COc2c(C)cc(Br)cc2Br)cc1. The van der Waals surface area contributed by atoms with Crippen LogP contribution in [0.25, 0.3) is 0 Å². The third-order valence-corrected chi connectivity index (χ3v) is 4.98. The Hall–Kier alpha value is -0.980. The molecule has 0 fully saturated rings.